The largest absolute Gasteiger partial charge is 0.490 e. The normalized spacial score (nSPS) is 15.1. The Morgan fingerprint density at radius 3 is 2.32 bits per heavy atom. The first-order valence-corrected chi connectivity index (χ1v) is 6.24. The summed E-state index contributed by atoms with van der Waals surface area (Å²) in [5, 5.41) is 0. The maximum atomic E-state index is 11.9. The van der Waals surface area contributed by atoms with Gasteiger partial charge in [0.1, 0.15) is 6.10 Å². The van der Waals surface area contributed by atoms with Crippen molar-refractivity contribution in [2.24, 2.45) is 0 Å². The number of ether oxygens (including phenoxy) is 3. The molecule has 0 aromatic heterocycles. The maximum absolute atomic E-state index is 11.9. The molecule has 0 spiro atoms. The molecule has 0 aliphatic rings. The number of esters is 1. The summed E-state index contributed by atoms with van der Waals surface area (Å²) in [5.41, 5.74) is 0. The minimum atomic E-state index is -4.97. The molecule has 0 heterocycles. The molecule has 0 rings (SSSR count). The van der Waals surface area contributed by atoms with E-state index in [-0.39, 0.29) is 12.7 Å². The molecule has 0 amide bonds. The van der Waals surface area contributed by atoms with Gasteiger partial charge in [-0.05, 0) is 20.3 Å². The van der Waals surface area contributed by atoms with E-state index in [0.29, 0.717) is 13.2 Å². The van der Waals surface area contributed by atoms with Crippen molar-refractivity contribution < 1.29 is 32.2 Å². The zero-order valence-electron chi connectivity index (χ0n) is 11.5. The third-order valence-corrected chi connectivity index (χ3v) is 2.15. The number of hydrogen-bond acceptors (Lipinski definition) is 4. The Kier molecular flexibility index (Phi) is 8.75. The highest BCUT2D eigenvalue weighted by molar-refractivity contribution is 5.75. The quantitative estimate of drug-likeness (QED) is 0.483. The van der Waals surface area contributed by atoms with Gasteiger partial charge in [0.05, 0.1) is 19.3 Å². The average Bonchev–Trinajstić information content (AvgIpc) is 2.31. The Morgan fingerprint density at radius 2 is 1.79 bits per heavy atom. The lowest BCUT2D eigenvalue weighted by Crippen LogP contribution is -2.32. The van der Waals surface area contributed by atoms with Gasteiger partial charge < -0.3 is 14.2 Å². The second-order valence-corrected chi connectivity index (χ2v) is 4.29. The van der Waals surface area contributed by atoms with E-state index in [0.717, 1.165) is 12.8 Å². The summed E-state index contributed by atoms with van der Waals surface area (Å²) in [6.07, 6.45) is -4.20. The van der Waals surface area contributed by atoms with Crippen molar-refractivity contribution in [2.45, 2.75) is 52.0 Å². The number of alkyl halides is 3. The van der Waals surface area contributed by atoms with E-state index < -0.39 is 18.2 Å². The molecular formula is C12H21F3O4. The van der Waals surface area contributed by atoms with Crippen LogP contribution in [0.2, 0.25) is 0 Å². The number of carbonyl (C=O) groups is 1. The molecule has 2 unspecified atom stereocenters. The number of rotatable bonds is 9. The van der Waals surface area contributed by atoms with Crippen LogP contribution in [0.1, 0.15) is 33.6 Å². The minimum Gasteiger partial charge on any atom is -0.454 e. The van der Waals surface area contributed by atoms with E-state index in [4.69, 9.17) is 9.47 Å². The Hall–Kier alpha value is -0.820. The Morgan fingerprint density at radius 1 is 1.16 bits per heavy atom. The number of halogens is 3. The zero-order valence-corrected chi connectivity index (χ0v) is 11.5. The van der Waals surface area contributed by atoms with Gasteiger partial charge in [-0.25, -0.2) is 4.79 Å². The molecule has 0 saturated carbocycles. The molecule has 0 bridgehead atoms. The molecule has 114 valence electrons. The van der Waals surface area contributed by atoms with Gasteiger partial charge in [0.25, 0.3) is 0 Å². The molecule has 0 radical (unpaired) electrons. The summed E-state index contributed by atoms with van der Waals surface area (Å²) >= 11 is 0. The molecule has 4 nitrogen and oxygen atoms in total. The van der Waals surface area contributed by atoms with Crippen LogP contribution in [0.3, 0.4) is 0 Å². The highest BCUT2D eigenvalue weighted by Gasteiger charge is 2.41. The summed E-state index contributed by atoms with van der Waals surface area (Å²) < 4.78 is 50.4. The van der Waals surface area contributed by atoms with Crippen LogP contribution >= 0.6 is 0 Å². The Labute approximate surface area is 111 Å². The molecule has 0 N–H and O–H groups in total. The third kappa shape index (κ3) is 9.72. The highest BCUT2D eigenvalue weighted by Crippen LogP contribution is 2.17. The van der Waals surface area contributed by atoms with E-state index in [9.17, 15) is 18.0 Å². The van der Waals surface area contributed by atoms with Crippen LogP contribution in [0.15, 0.2) is 0 Å². The summed E-state index contributed by atoms with van der Waals surface area (Å²) in [5.74, 6) is -2.20. The van der Waals surface area contributed by atoms with Gasteiger partial charge in [0.2, 0.25) is 0 Å². The van der Waals surface area contributed by atoms with Gasteiger partial charge in [-0.15, -0.1) is 0 Å². The summed E-state index contributed by atoms with van der Waals surface area (Å²) in [6.45, 7) is 6.02. The smallest absolute Gasteiger partial charge is 0.454 e. The standard InChI is InChI=1S/C12H21F3O4/c1-4-5-6-17-7-9(2)18-8-10(3)19-11(16)12(13,14)15/h9-10H,4-8H2,1-3H3. The molecule has 0 aliphatic heterocycles. The predicted molar refractivity (Wildman–Crippen MR) is 62.8 cm³/mol. The van der Waals surface area contributed by atoms with E-state index in [2.05, 4.69) is 4.74 Å². The fourth-order valence-corrected chi connectivity index (χ4v) is 1.13. The first-order valence-electron chi connectivity index (χ1n) is 6.24. The van der Waals surface area contributed by atoms with Gasteiger partial charge in [0, 0.05) is 6.61 Å². The van der Waals surface area contributed by atoms with E-state index >= 15 is 0 Å². The Balaban J connectivity index is 3.72. The van der Waals surface area contributed by atoms with Gasteiger partial charge >= 0.3 is 12.1 Å². The average molecular weight is 286 g/mol. The van der Waals surface area contributed by atoms with Crippen LogP contribution in [0.5, 0.6) is 0 Å². The van der Waals surface area contributed by atoms with Gasteiger partial charge in [-0.1, -0.05) is 13.3 Å². The predicted octanol–water partition coefficient (Wildman–Crippen LogP) is 2.70. The molecule has 7 heteroatoms. The summed E-state index contributed by atoms with van der Waals surface area (Å²) in [7, 11) is 0. The van der Waals surface area contributed by atoms with Crippen molar-refractivity contribution in [3.8, 4) is 0 Å². The fourth-order valence-electron chi connectivity index (χ4n) is 1.13. The lowest BCUT2D eigenvalue weighted by atomic mass is 10.3. The van der Waals surface area contributed by atoms with E-state index in [1.165, 1.54) is 6.92 Å². The third-order valence-electron chi connectivity index (χ3n) is 2.15. The number of hydrogen-bond donors (Lipinski definition) is 0. The zero-order chi connectivity index (χ0) is 14.9. The van der Waals surface area contributed by atoms with Crippen LogP contribution < -0.4 is 0 Å². The second-order valence-electron chi connectivity index (χ2n) is 4.29. The van der Waals surface area contributed by atoms with Crippen molar-refractivity contribution >= 4 is 5.97 Å². The van der Waals surface area contributed by atoms with Crippen molar-refractivity contribution in [2.75, 3.05) is 19.8 Å². The summed E-state index contributed by atoms with van der Waals surface area (Å²) in [6, 6.07) is 0. The van der Waals surface area contributed by atoms with Gasteiger partial charge in [-0.3, -0.25) is 0 Å². The van der Waals surface area contributed by atoms with Crippen LogP contribution in [-0.4, -0.2) is 44.2 Å². The lowest BCUT2D eigenvalue weighted by Gasteiger charge is -2.18. The van der Waals surface area contributed by atoms with Crippen molar-refractivity contribution in [3.05, 3.63) is 0 Å². The molecule has 19 heavy (non-hydrogen) atoms. The maximum Gasteiger partial charge on any atom is 0.490 e. The first-order chi connectivity index (χ1) is 8.77. The SMILES string of the molecule is CCCCOCC(C)OCC(C)OC(=O)C(F)(F)F. The van der Waals surface area contributed by atoms with Gasteiger partial charge in [0.15, 0.2) is 0 Å². The summed E-state index contributed by atoms with van der Waals surface area (Å²) in [4.78, 5) is 10.5. The van der Waals surface area contributed by atoms with Crippen LogP contribution in [0.4, 0.5) is 13.2 Å². The van der Waals surface area contributed by atoms with Crippen LogP contribution in [0.25, 0.3) is 0 Å². The number of unbranched alkanes of at least 4 members (excludes halogenated alkanes) is 1. The molecule has 2 atom stereocenters. The second kappa shape index (κ2) is 9.14. The highest BCUT2D eigenvalue weighted by atomic mass is 19.4. The van der Waals surface area contributed by atoms with Crippen molar-refractivity contribution in [3.63, 3.8) is 0 Å². The molecule has 0 saturated heterocycles. The van der Waals surface area contributed by atoms with Crippen molar-refractivity contribution in [1.82, 2.24) is 0 Å². The Bertz CT molecular complexity index is 256. The van der Waals surface area contributed by atoms with Crippen molar-refractivity contribution in [1.29, 1.82) is 0 Å². The van der Waals surface area contributed by atoms with Crippen LogP contribution in [0, 0.1) is 0 Å². The monoisotopic (exact) mass is 286 g/mol. The number of carbonyl (C=O) groups excluding carboxylic acids is 1. The lowest BCUT2D eigenvalue weighted by molar-refractivity contribution is -0.206. The first kappa shape index (κ1) is 18.2. The van der Waals surface area contributed by atoms with E-state index in [1.54, 1.807) is 6.92 Å². The fraction of sp³-hybridized carbons (Fsp3) is 0.917. The van der Waals surface area contributed by atoms with Gasteiger partial charge in [-0.2, -0.15) is 13.2 Å². The molecule has 0 aliphatic carbocycles. The molecular weight excluding hydrogens is 265 g/mol. The van der Waals surface area contributed by atoms with Crippen LogP contribution in [-0.2, 0) is 19.0 Å². The molecule has 0 aromatic carbocycles. The topological polar surface area (TPSA) is 44.8 Å². The minimum absolute atomic E-state index is 0.0971. The molecule has 0 aromatic rings. The van der Waals surface area contributed by atoms with E-state index in [1.807, 2.05) is 6.92 Å². The molecule has 0 fully saturated rings.